The largest absolute Gasteiger partial charge is 0.481 e. The molecule has 1 aromatic heterocycles. The van der Waals surface area contributed by atoms with Crippen LogP contribution in [0.25, 0.3) is 0 Å². The number of nitrogens with zero attached hydrogens (tertiary/aromatic N) is 2. The Morgan fingerprint density at radius 2 is 2.21 bits per heavy atom. The summed E-state index contributed by atoms with van der Waals surface area (Å²) < 4.78 is 0. The Kier molecular flexibility index (Phi) is 3.69. The van der Waals surface area contributed by atoms with E-state index in [0.29, 0.717) is 18.8 Å². The molecular weight excluding hydrogens is 246 g/mol. The molecule has 6 heteroatoms. The van der Waals surface area contributed by atoms with Gasteiger partial charge in [-0.25, -0.2) is 4.79 Å². The second-order valence-electron chi connectivity index (χ2n) is 4.91. The number of amides is 2. The molecule has 19 heavy (non-hydrogen) atoms. The van der Waals surface area contributed by atoms with Crippen molar-refractivity contribution >= 4 is 17.7 Å². The summed E-state index contributed by atoms with van der Waals surface area (Å²) in [5.74, 6) is -1.18. The second kappa shape index (κ2) is 5.26. The van der Waals surface area contributed by atoms with Crippen LogP contribution in [0, 0.1) is 18.8 Å². The van der Waals surface area contributed by atoms with E-state index in [2.05, 4.69) is 10.3 Å². The van der Waals surface area contributed by atoms with Crippen molar-refractivity contribution in [3.05, 3.63) is 24.0 Å². The van der Waals surface area contributed by atoms with Crippen molar-refractivity contribution in [1.29, 1.82) is 0 Å². The number of nitrogens with one attached hydrogen (secondary N) is 1. The third-order valence-corrected chi connectivity index (χ3v) is 3.57. The van der Waals surface area contributed by atoms with Crippen LogP contribution in [0.5, 0.6) is 0 Å². The van der Waals surface area contributed by atoms with Gasteiger partial charge in [-0.1, -0.05) is 6.92 Å². The quantitative estimate of drug-likeness (QED) is 0.867. The number of aromatic nitrogens is 1. The Labute approximate surface area is 111 Å². The molecule has 1 unspecified atom stereocenters. The number of likely N-dealkylation sites (tertiary alicyclic amines) is 1. The minimum atomic E-state index is -0.812. The Hall–Kier alpha value is -2.11. The summed E-state index contributed by atoms with van der Waals surface area (Å²) in [5.41, 5.74) is 1.63. The first-order valence-corrected chi connectivity index (χ1v) is 6.18. The van der Waals surface area contributed by atoms with Gasteiger partial charge in [0.15, 0.2) is 0 Å². The van der Waals surface area contributed by atoms with Gasteiger partial charge >= 0.3 is 12.0 Å². The third kappa shape index (κ3) is 2.83. The fourth-order valence-electron chi connectivity index (χ4n) is 1.99. The zero-order valence-electron chi connectivity index (χ0n) is 11.0. The second-order valence-corrected chi connectivity index (χ2v) is 4.91. The molecule has 1 aliphatic rings. The van der Waals surface area contributed by atoms with Crippen LogP contribution in [0.1, 0.15) is 12.5 Å². The number of aryl methyl sites for hydroxylation is 1. The molecule has 2 rings (SSSR count). The predicted octanol–water partition coefficient (Wildman–Crippen LogP) is 1.57. The number of carboxylic acid groups (broad SMARTS) is 1. The van der Waals surface area contributed by atoms with E-state index in [1.54, 1.807) is 24.2 Å². The summed E-state index contributed by atoms with van der Waals surface area (Å²) in [4.78, 5) is 28.3. The Balaban J connectivity index is 1.87. The van der Waals surface area contributed by atoms with E-state index < -0.39 is 11.9 Å². The van der Waals surface area contributed by atoms with Crippen LogP contribution in [-0.2, 0) is 4.79 Å². The standard InChI is InChI=1S/C13H17N3O3/c1-8-3-4-14-5-11(8)15-13(19)16-6-10(7-16)9(2)12(17)18/h3-5,9-10H,6-7H2,1-2H3,(H,15,19)(H,17,18). The highest BCUT2D eigenvalue weighted by Crippen LogP contribution is 2.25. The van der Waals surface area contributed by atoms with Crippen LogP contribution in [0.4, 0.5) is 10.5 Å². The van der Waals surface area contributed by atoms with Gasteiger partial charge in [0, 0.05) is 25.2 Å². The maximum Gasteiger partial charge on any atom is 0.321 e. The third-order valence-electron chi connectivity index (χ3n) is 3.57. The summed E-state index contributed by atoms with van der Waals surface area (Å²) in [6.07, 6.45) is 3.27. The number of aliphatic carboxylic acids is 1. The number of hydrogen-bond acceptors (Lipinski definition) is 3. The van der Waals surface area contributed by atoms with E-state index in [9.17, 15) is 9.59 Å². The number of rotatable bonds is 3. The molecule has 0 radical (unpaired) electrons. The van der Waals surface area contributed by atoms with Crippen molar-refractivity contribution in [3.63, 3.8) is 0 Å². The van der Waals surface area contributed by atoms with E-state index in [1.807, 2.05) is 13.0 Å². The van der Waals surface area contributed by atoms with Crippen LogP contribution < -0.4 is 5.32 Å². The summed E-state index contributed by atoms with van der Waals surface area (Å²) in [5, 5.41) is 11.7. The van der Waals surface area contributed by atoms with Crippen molar-refractivity contribution in [2.45, 2.75) is 13.8 Å². The SMILES string of the molecule is Cc1ccncc1NC(=O)N1CC(C(C)C(=O)O)C1. The first-order valence-electron chi connectivity index (χ1n) is 6.18. The van der Waals surface area contributed by atoms with E-state index in [1.165, 1.54) is 0 Å². The van der Waals surface area contributed by atoms with Gasteiger partial charge in [0.2, 0.25) is 0 Å². The maximum absolute atomic E-state index is 11.9. The van der Waals surface area contributed by atoms with Crippen LogP contribution in [0.15, 0.2) is 18.5 Å². The van der Waals surface area contributed by atoms with Crippen molar-refractivity contribution in [3.8, 4) is 0 Å². The number of carbonyl (C=O) groups excluding carboxylic acids is 1. The first-order chi connectivity index (χ1) is 8.99. The van der Waals surface area contributed by atoms with E-state index >= 15 is 0 Å². The highest BCUT2D eigenvalue weighted by atomic mass is 16.4. The van der Waals surface area contributed by atoms with Gasteiger partial charge in [0.25, 0.3) is 0 Å². The molecule has 1 atom stereocenters. The summed E-state index contributed by atoms with van der Waals surface area (Å²) in [6, 6.07) is 1.62. The fourth-order valence-corrected chi connectivity index (χ4v) is 1.99. The van der Waals surface area contributed by atoms with Gasteiger partial charge in [0.05, 0.1) is 17.8 Å². The lowest BCUT2D eigenvalue weighted by molar-refractivity contribution is -0.144. The van der Waals surface area contributed by atoms with Gasteiger partial charge < -0.3 is 15.3 Å². The maximum atomic E-state index is 11.9. The average molecular weight is 263 g/mol. The molecule has 0 aliphatic carbocycles. The molecule has 1 aromatic rings. The highest BCUT2D eigenvalue weighted by molar-refractivity contribution is 5.90. The Bertz CT molecular complexity index is 498. The molecule has 1 aliphatic heterocycles. The predicted molar refractivity (Wildman–Crippen MR) is 69.9 cm³/mol. The lowest BCUT2D eigenvalue weighted by atomic mass is 9.87. The molecule has 0 saturated carbocycles. The topological polar surface area (TPSA) is 82.5 Å². The molecule has 2 N–H and O–H groups in total. The Morgan fingerprint density at radius 3 is 2.79 bits per heavy atom. The molecule has 102 valence electrons. The first kappa shape index (κ1) is 13.3. The molecule has 1 saturated heterocycles. The van der Waals surface area contributed by atoms with E-state index in [0.717, 1.165) is 5.56 Å². The minimum absolute atomic E-state index is 0.0400. The number of anilines is 1. The molecule has 0 bridgehead atoms. The lowest BCUT2D eigenvalue weighted by Crippen LogP contribution is -2.54. The van der Waals surface area contributed by atoms with Crippen molar-refractivity contribution in [2.75, 3.05) is 18.4 Å². The average Bonchev–Trinajstić information content (AvgIpc) is 2.30. The van der Waals surface area contributed by atoms with Crippen LogP contribution in [0.2, 0.25) is 0 Å². The normalized spacial score (nSPS) is 16.6. The van der Waals surface area contributed by atoms with Gasteiger partial charge in [0.1, 0.15) is 0 Å². The molecule has 6 nitrogen and oxygen atoms in total. The molecule has 0 aromatic carbocycles. The van der Waals surface area contributed by atoms with Crippen molar-refractivity contribution in [1.82, 2.24) is 9.88 Å². The number of pyridine rings is 1. The molecule has 2 heterocycles. The summed E-state index contributed by atoms with van der Waals surface area (Å²) >= 11 is 0. The van der Waals surface area contributed by atoms with Gasteiger partial charge in [-0.3, -0.25) is 9.78 Å². The molecular formula is C13H17N3O3. The molecule has 2 amide bonds. The molecule has 1 fully saturated rings. The van der Waals surface area contributed by atoms with Crippen molar-refractivity contribution < 1.29 is 14.7 Å². The smallest absolute Gasteiger partial charge is 0.321 e. The van der Waals surface area contributed by atoms with Gasteiger partial charge in [-0.2, -0.15) is 0 Å². The van der Waals surface area contributed by atoms with Crippen LogP contribution in [0.3, 0.4) is 0 Å². The van der Waals surface area contributed by atoms with Gasteiger partial charge in [-0.15, -0.1) is 0 Å². The zero-order valence-corrected chi connectivity index (χ0v) is 11.0. The zero-order chi connectivity index (χ0) is 14.0. The number of carboxylic acids is 1. The van der Waals surface area contributed by atoms with E-state index in [4.69, 9.17) is 5.11 Å². The Morgan fingerprint density at radius 1 is 1.53 bits per heavy atom. The van der Waals surface area contributed by atoms with Gasteiger partial charge in [-0.05, 0) is 18.6 Å². The lowest BCUT2D eigenvalue weighted by Gasteiger charge is -2.41. The number of urea groups is 1. The summed E-state index contributed by atoms with van der Waals surface area (Å²) in [7, 11) is 0. The van der Waals surface area contributed by atoms with E-state index in [-0.39, 0.29) is 11.9 Å². The fraction of sp³-hybridized carbons (Fsp3) is 0.462. The van der Waals surface area contributed by atoms with Crippen molar-refractivity contribution in [2.24, 2.45) is 11.8 Å². The number of hydrogen-bond donors (Lipinski definition) is 2. The van der Waals surface area contributed by atoms with Crippen LogP contribution in [-0.4, -0.2) is 40.1 Å². The van der Waals surface area contributed by atoms with Crippen LogP contribution >= 0.6 is 0 Å². The minimum Gasteiger partial charge on any atom is -0.481 e. The highest BCUT2D eigenvalue weighted by Gasteiger charge is 2.37. The summed E-state index contributed by atoms with van der Waals surface area (Å²) in [6.45, 7) is 4.54. The number of carbonyl (C=O) groups is 2. The molecule has 0 spiro atoms. The monoisotopic (exact) mass is 263 g/mol.